The highest BCUT2D eigenvalue weighted by Gasteiger charge is 2.05. The van der Waals surface area contributed by atoms with Crippen molar-refractivity contribution in [3.8, 4) is 0 Å². The fourth-order valence-corrected chi connectivity index (χ4v) is 2.18. The van der Waals surface area contributed by atoms with Crippen molar-refractivity contribution < 1.29 is 4.79 Å². The lowest BCUT2D eigenvalue weighted by atomic mass is 10.0. The van der Waals surface area contributed by atoms with Gasteiger partial charge in [-0.15, -0.1) is 30.6 Å². The van der Waals surface area contributed by atoms with Crippen LogP contribution in [-0.2, 0) is 11.2 Å². The Morgan fingerprint density at radius 3 is 2.42 bits per heavy atom. The van der Waals surface area contributed by atoms with Crippen molar-refractivity contribution in [2.45, 2.75) is 20.3 Å². The second-order valence-electron chi connectivity index (χ2n) is 5.67. The number of carbonyl (C=O) groups excluding carboxylic acids is 1. The largest absolute Gasteiger partial charge is 0.356 e. The van der Waals surface area contributed by atoms with Crippen molar-refractivity contribution in [2.24, 2.45) is 4.99 Å². The molecule has 0 aliphatic rings. The van der Waals surface area contributed by atoms with Gasteiger partial charge in [0.1, 0.15) is 6.54 Å². The van der Waals surface area contributed by atoms with Crippen molar-refractivity contribution in [3.05, 3.63) is 47.5 Å². The van der Waals surface area contributed by atoms with Crippen molar-refractivity contribution in [3.63, 3.8) is 0 Å². The van der Waals surface area contributed by atoms with Gasteiger partial charge in [-0.1, -0.05) is 24.3 Å². The molecular formula is C18H29IN4O. The number of rotatable bonds is 7. The lowest BCUT2D eigenvalue weighted by Gasteiger charge is -2.14. The topological polar surface area (TPSA) is 56.7 Å². The van der Waals surface area contributed by atoms with E-state index < -0.39 is 0 Å². The zero-order chi connectivity index (χ0) is 17.2. The molecule has 6 heteroatoms. The van der Waals surface area contributed by atoms with E-state index in [1.807, 2.05) is 0 Å². The molecule has 24 heavy (non-hydrogen) atoms. The SMILES string of the molecule is C=CCNC(=NCC(=O)N(C)C)NCCc1c(C)cccc1C.I. The molecule has 134 valence electrons. The minimum Gasteiger partial charge on any atom is -0.356 e. The summed E-state index contributed by atoms with van der Waals surface area (Å²) in [6, 6.07) is 6.33. The number of amides is 1. The van der Waals surface area contributed by atoms with E-state index in [1.165, 1.54) is 21.6 Å². The van der Waals surface area contributed by atoms with Gasteiger partial charge in [-0.3, -0.25) is 4.79 Å². The van der Waals surface area contributed by atoms with E-state index in [0.29, 0.717) is 12.5 Å². The second kappa shape index (κ2) is 11.9. The summed E-state index contributed by atoms with van der Waals surface area (Å²) in [5.41, 5.74) is 3.95. The summed E-state index contributed by atoms with van der Waals surface area (Å²) in [4.78, 5) is 17.5. The van der Waals surface area contributed by atoms with E-state index in [4.69, 9.17) is 0 Å². The van der Waals surface area contributed by atoms with Crippen LogP contribution in [0.3, 0.4) is 0 Å². The third-order valence-electron chi connectivity index (χ3n) is 3.60. The van der Waals surface area contributed by atoms with Crippen LogP contribution in [-0.4, -0.2) is 50.5 Å². The van der Waals surface area contributed by atoms with Crippen LogP contribution >= 0.6 is 24.0 Å². The molecule has 0 fully saturated rings. The van der Waals surface area contributed by atoms with Crippen molar-refractivity contribution in [1.82, 2.24) is 15.5 Å². The van der Waals surface area contributed by atoms with Crippen molar-refractivity contribution in [1.29, 1.82) is 0 Å². The number of carbonyl (C=O) groups is 1. The van der Waals surface area contributed by atoms with Crippen LogP contribution in [0.4, 0.5) is 0 Å². The predicted molar refractivity (Wildman–Crippen MR) is 112 cm³/mol. The highest BCUT2D eigenvalue weighted by molar-refractivity contribution is 14.0. The molecule has 0 bridgehead atoms. The number of aliphatic imine (C=N–C) groups is 1. The summed E-state index contributed by atoms with van der Waals surface area (Å²) in [6.45, 7) is 9.43. The van der Waals surface area contributed by atoms with Gasteiger partial charge in [0.15, 0.2) is 5.96 Å². The van der Waals surface area contributed by atoms with Gasteiger partial charge in [0.25, 0.3) is 0 Å². The molecule has 2 N–H and O–H groups in total. The average Bonchev–Trinajstić information content (AvgIpc) is 2.51. The van der Waals surface area contributed by atoms with Crippen molar-refractivity contribution in [2.75, 3.05) is 33.7 Å². The summed E-state index contributed by atoms with van der Waals surface area (Å²) in [5.74, 6) is 0.603. The van der Waals surface area contributed by atoms with E-state index >= 15 is 0 Å². The number of likely N-dealkylation sites (N-methyl/N-ethyl adjacent to an activating group) is 1. The number of hydrogen-bond donors (Lipinski definition) is 2. The monoisotopic (exact) mass is 444 g/mol. The molecule has 1 aromatic rings. The van der Waals surface area contributed by atoms with Crippen molar-refractivity contribution >= 4 is 35.8 Å². The van der Waals surface area contributed by atoms with Crippen LogP contribution in [0.5, 0.6) is 0 Å². The first-order valence-corrected chi connectivity index (χ1v) is 7.84. The molecule has 1 rings (SSSR count). The van der Waals surface area contributed by atoms with E-state index in [-0.39, 0.29) is 36.4 Å². The van der Waals surface area contributed by atoms with E-state index in [2.05, 4.69) is 54.3 Å². The Labute approximate surface area is 162 Å². The molecule has 0 saturated heterocycles. The smallest absolute Gasteiger partial charge is 0.243 e. The number of aryl methyl sites for hydroxylation is 2. The fourth-order valence-electron chi connectivity index (χ4n) is 2.18. The lowest BCUT2D eigenvalue weighted by molar-refractivity contribution is -0.127. The summed E-state index contributed by atoms with van der Waals surface area (Å²) < 4.78 is 0. The summed E-state index contributed by atoms with van der Waals surface area (Å²) >= 11 is 0. The first-order valence-electron chi connectivity index (χ1n) is 7.84. The Morgan fingerprint density at radius 1 is 1.25 bits per heavy atom. The van der Waals surface area contributed by atoms with E-state index in [1.54, 1.807) is 20.2 Å². The first-order chi connectivity index (χ1) is 11.0. The maximum absolute atomic E-state index is 11.6. The molecule has 0 aromatic heterocycles. The fraction of sp³-hybridized carbons (Fsp3) is 0.444. The Hall–Kier alpha value is -1.57. The average molecular weight is 444 g/mol. The number of nitrogens with one attached hydrogen (secondary N) is 2. The number of benzene rings is 1. The standard InChI is InChI=1S/C18H28N4O.HI/c1-6-11-19-18(21-13-17(23)22(4)5)20-12-10-16-14(2)8-7-9-15(16)3;/h6-9H,1,10-13H2,2-5H3,(H2,19,20,21);1H. The number of halogens is 1. The van der Waals surface area contributed by atoms with Gasteiger partial charge >= 0.3 is 0 Å². The molecular weight excluding hydrogens is 415 g/mol. The molecule has 0 heterocycles. The maximum atomic E-state index is 11.6. The van der Waals surface area contributed by atoms with E-state index in [0.717, 1.165) is 13.0 Å². The lowest BCUT2D eigenvalue weighted by Crippen LogP contribution is -2.39. The third kappa shape index (κ3) is 7.81. The Bertz CT molecular complexity index is 550. The molecule has 0 radical (unpaired) electrons. The second-order valence-corrected chi connectivity index (χ2v) is 5.67. The molecule has 5 nitrogen and oxygen atoms in total. The highest BCUT2D eigenvalue weighted by Crippen LogP contribution is 2.13. The molecule has 1 amide bonds. The van der Waals surface area contributed by atoms with Gasteiger partial charge in [0.2, 0.25) is 5.91 Å². The zero-order valence-corrected chi connectivity index (χ0v) is 17.4. The number of hydrogen-bond acceptors (Lipinski definition) is 2. The van der Waals surface area contributed by atoms with Crippen LogP contribution in [0.25, 0.3) is 0 Å². The summed E-state index contributed by atoms with van der Waals surface area (Å²) in [6.07, 6.45) is 2.67. The minimum absolute atomic E-state index is 0. The Kier molecular flexibility index (Phi) is 11.1. The molecule has 0 saturated carbocycles. The van der Waals surface area contributed by atoms with Crippen LogP contribution in [0.1, 0.15) is 16.7 Å². The number of guanidine groups is 1. The molecule has 1 aromatic carbocycles. The normalized spacial score (nSPS) is 10.6. The summed E-state index contributed by atoms with van der Waals surface area (Å²) in [5, 5.41) is 6.40. The molecule has 0 aliphatic carbocycles. The first kappa shape index (κ1) is 22.4. The highest BCUT2D eigenvalue weighted by atomic mass is 127. The van der Waals surface area contributed by atoms with Gasteiger partial charge in [0.05, 0.1) is 0 Å². The van der Waals surface area contributed by atoms with Gasteiger partial charge in [-0.25, -0.2) is 4.99 Å². The van der Waals surface area contributed by atoms with Gasteiger partial charge < -0.3 is 15.5 Å². The maximum Gasteiger partial charge on any atom is 0.243 e. The molecule has 0 unspecified atom stereocenters. The van der Waals surface area contributed by atoms with Gasteiger partial charge in [0, 0.05) is 27.2 Å². The molecule has 0 atom stereocenters. The van der Waals surface area contributed by atoms with E-state index in [9.17, 15) is 4.79 Å². The number of nitrogens with zero attached hydrogens (tertiary/aromatic N) is 2. The third-order valence-corrected chi connectivity index (χ3v) is 3.60. The quantitative estimate of drug-likeness (QED) is 0.294. The molecule has 0 aliphatic heterocycles. The Morgan fingerprint density at radius 2 is 1.88 bits per heavy atom. The minimum atomic E-state index is -0.0283. The van der Waals surface area contributed by atoms with Gasteiger partial charge in [-0.2, -0.15) is 0 Å². The zero-order valence-electron chi connectivity index (χ0n) is 15.1. The van der Waals surface area contributed by atoms with Crippen LogP contribution < -0.4 is 10.6 Å². The molecule has 0 spiro atoms. The van der Waals surface area contributed by atoms with Crippen LogP contribution in [0.2, 0.25) is 0 Å². The summed E-state index contributed by atoms with van der Waals surface area (Å²) in [7, 11) is 3.45. The van der Waals surface area contributed by atoms with Crippen LogP contribution in [0.15, 0.2) is 35.8 Å². The van der Waals surface area contributed by atoms with Crippen LogP contribution in [0, 0.1) is 13.8 Å². The Balaban J connectivity index is 0.00000529. The van der Waals surface area contributed by atoms with Gasteiger partial charge in [-0.05, 0) is 37.0 Å². The predicted octanol–water partition coefficient (Wildman–Crippen LogP) is 2.27.